The molecule has 2 saturated heterocycles. The summed E-state index contributed by atoms with van der Waals surface area (Å²) in [4.78, 5) is 26.6. The van der Waals surface area contributed by atoms with Crippen LogP contribution in [0.5, 0.6) is 0 Å². The third-order valence-electron chi connectivity index (χ3n) is 5.18. The van der Waals surface area contributed by atoms with E-state index in [1.165, 1.54) is 17.0 Å². The summed E-state index contributed by atoms with van der Waals surface area (Å²) in [7, 11) is 0. The molecule has 1 amide bonds. The normalized spacial score (nSPS) is 21.0. The van der Waals surface area contributed by atoms with E-state index in [1.807, 2.05) is 6.92 Å². The van der Waals surface area contributed by atoms with Crippen LogP contribution in [-0.4, -0.2) is 61.4 Å². The maximum atomic E-state index is 13.6. The number of hydrogen-bond donors (Lipinski definition) is 0. The van der Waals surface area contributed by atoms with Crippen LogP contribution in [0, 0.1) is 11.6 Å². The van der Waals surface area contributed by atoms with Crippen molar-refractivity contribution >= 4 is 11.9 Å². The predicted molar refractivity (Wildman–Crippen MR) is 117 cm³/mol. The van der Waals surface area contributed by atoms with Crippen molar-refractivity contribution < 1.29 is 32.6 Å². The number of ether oxygens (including phenoxy) is 3. The molecule has 0 aliphatic carbocycles. The summed E-state index contributed by atoms with van der Waals surface area (Å²) in [5, 5.41) is 0. The lowest BCUT2D eigenvalue weighted by molar-refractivity contribution is -0.123. The van der Waals surface area contributed by atoms with Crippen LogP contribution in [0.2, 0.25) is 0 Å². The average Bonchev–Trinajstić information content (AvgIpc) is 3.18. The fourth-order valence-electron chi connectivity index (χ4n) is 3.67. The summed E-state index contributed by atoms with van der Waals surface area (Å²) in [6.07, 6.45) is 1.79. The molecule has 1 aromatic rings. The number of ketones is 1. The molecule has 0 aromatic heterocycles. The molecule has 3 rings (SSSR count). The van der Waals surface area contributed by atoms with Crippen LogP contribution < -0.4 is 0 Å². The number of nitrogens with zero attached hydrogens (tertiary/aromatic N) is 1. The Kier molecular flexibility index (Phi) is 10.0. The van der Waals surface area contributed by atoms with E-state index in [-0.39, 0.29) is 18.2 Å². The molecular formula is C24H35F2NO5. The van der Waals surface area contributed by atoms with Gasteiger partial charge >= 0.3 is 6.09 Å². The lowest BCUT2D eigenvalue weighted by Crippen LogP contribution is -2.43. The fourth-order valence-corrected chi connectivity index (χ4v) is 3.67. The molecule has 0 bridgehead atoms. The molecule has 1 aromatic carbocycles. The number of carbonyl (C=O) groups excluding carboxylic acids is 2. The topological polar surface area (TPSA) is 65.1 Å². The van der Waals surface area contributed by atoms with Gasteiger partial charge in [-0.05, 0) is 51.3 Å². The number of Topliss-reactive ketones (excluding diaryl/α,β-unsaturated/α-hetero) is 1. The van der Waals surface area contributed by atoms with E-state index in [2.05, 4.69) is 0 Å². The first-order chi connectivity index (χ1) is 15.1. The minimum absolute atomic E-state index is 0.0305. The zero-order valence-corrected chi connectivity index (χ0v) is 19.5. The zero-order chi connectivity index (χ0) is 23.7. The smallest absolute Gasteiger partial charge is 0.410 e. The number of benzene rings is 1. The van der Waals surface area contributed by atoms with Crippen LogP contribution in [-0.2, 0) is 19.0 Å². The van der Waals surface area contributed by atoms with Crippen molar-refractivity contribution in [1.29, 1.82) is 0 Å². The SMILES string of the molecule is C1COCCO1.CCCCC(=O)C1C[C@@H](c2cc(F)cc(F)c2)CN1C(=O)OC(C)(C)C. The van der Waals surface area contributed by atoms with Gasteiger partial charge in [-0.2, -0.15) is 0 Å². The largest absolute Gasteiger partial charge is 0.444 e. The van der Waals surface area contributed by atoms with Gasteiger partial charge in [-0.25, -0.2) is 13.6 Å². The number of rotatable bonds is 5. The van der Waals surface area contributed by atoms with Gasteiger partial charge in [-0.3, -0.25) is 9.69 Å². The van der Waals surface area contributed by atoms with Crippen LogP contribution in [0.3, 0.4) is 0 Å². The number of carbonyl (C=O) groups is 2. The molecule has 0 N–H and O–H groups in total. The third kappa shape index (κ3) is 8.47. The standard InChI is InChI=1S/C20H27F2NO3.C4H8O2/c1-5-6-7-18(24)17-10-14(13-8-15(21)11-16(22)9-13)12-23(17)19(25)26-20(2,3)4;1-2-6-4-3-5-1/h8-9,11,14,17H,5-7,10,12H2,1-4H3;1-4H2/t14-,17?;/m1./s1. The van der Waals surface area contributed by atoms with Crippen LogP contribution >= 0.6 is 0 Å². The van der Waals surface area contributed by atoms with Gasteiger partial charge in [0.2, 0.25) is 0 Å². The lowest BCUT2D eigenvalue weighted by Gasteiger charge is -2.28. The van der Waals surface area contributed by atoms with Crippen molar-refractivity contribution in [3.63, 3.8) is 0 Å². The fraction of sp³-hybridized carbons (Fsp3) is 0.667. The highest BCUT2D eigenvalue weighted by molar-refractivity contribution is 5.88. The summed E-state index contributed by atoms with van der Waals surface area (Å²) in [6, 6.07) is 2.72. The molecule has 2 fully saturated rings. The van der Waals surface area contributed by atoms with Crippen LogP contribution in [0.4, 0.5) is 13.6 Å². The minimum atomic E-state index is -0.683. The monoisotopic (exact) mass is 455 g/mol. The number of hydrogen-bond acceptors (Lipinski definition) is 5. The molecule has 0 spiro atoms. The number of amides is 1. The van der Waals surface area contributed by atoms with E-state index in [1.54, 1.807) is 20.8 Å². The maximum absolute atomic E-state index is 13.6. The van der Waals surface area contributed by atoms with Crippen molar-refractivity contribution in [2.45, 2.75) is 70.9 Å². The molecule has 0 saturated carbocycles. The second-order valence-corrected chi connectivity index (χ2v) is 9.08. The zero-order valence-electron chi connectivity index (χ0n) is 19.5. The van der Waals surface area contributed by atoms with Gasteiger partial charge in [0.05, 0.1) is 32.5 Å². The van der Waals surface area contributed by atoms with Crippen LogP contribution in [0.25, 0.3) is 0 Å². The molecule has 2 heterocycles. The Hall–Kier alpha value is -2.06. The second-order valence-electron chi connectivity index (χ2n) is 9.08. The number of halogens is 2. The van der Waals surface area contributed by atoms with Crippen LogP contribution in [0.15, 0.2) is 18.2 Å². The summed E-state index contributed by atoms with van der Waals surface area (Å²) < 4.78 is 42.5. The van der Waals surface area contributed by atoms with E-state index in [0.717, 1.165) is 45.3 Å². The van der Waals surface area contributed by atoms with E-state index in [0.29, 0.717) is 18.4 Å². The third-order valence-corrected chi connectivity index (χ3v) is 5.18. The Morgan fingerprint density at radius 1 is 1.06 bits per heavy atom. The number of likely N-dealkylation sites (tertiary alicyclic amines) is 1. The second kappa shape index (κ2) is 12.3. The van der Waals surface area contributed by atoms with Crippen molar-refractivity contribution in [2.24, 2.45) is 0 Å². The molecule has 180 valence electrons. The van der Waals surface area contributed by atoms with E-state index >= 15 is 0 Å². The molecule has 32 heavy (non-hydrogen) atoms. The van der Waals surface area contributed by atoms with E-state index in [4.69, 9.17) is 14.2 Å². The Morgan fingerprint density at radius 3 is 2.09 bits per heavy atom. The first kappa shape index (κ1) is 26.2. The van der Waals surface area contributed by atoms with Gasteiger partial charge < -0.3 is 14.2 Å². The summed E-state index contributed by atoms with van der Waals surface area (Å²) in [6.45, 7) is 10.6. The van der Waals surface area contributed by atoms with Gasteiger partial charge in [0, 0.05) is 24.9 Å². The summed E-state index contributed by atoms with van der Waals surface area (Å²) in [5.74, 6) is -1.66. The van der Waals surface area contributed by atoms with Crippen molar-refractivity contribution in [3.8, 4) is 0 Å². The van der Waals surface area contributed by atoms with Gasteiger partial charge in [0.1, 0.15) is 17.2 Å². The highest BCUT2D eigenvalue weighted by Crippen LogP contribution is 2.34. The number of unbranched alkanes of at least 4 members (excludes halogenated alkanes) is 1. The highest BCUT2D eigenvalue weighted by atomic mass is 19.1. The Bertz CT molecular complexity index is 729. The molecule has 0 radical (unpaired) electrons. The molecule has 2 atom stereocenters. The van der Waals surface area contributed by atoms with Gasteiger partial charge in [0.15, 0.2) is 5.78 Å². The Labute approximate surface area is 189 Å². The van der Waals surface area contributed by atoms with Crippen LogP contribution in [0.1, 0.15) is 64.9 Å². The summed E-state index contributed by atoms with van der Waals surface area (Å²) in [5.41, 5.74) is -0.223. The lowest BCUT2D eigenvalue weighted by atomic mass is 9.94. The molecular weight excluding hydrogens is 420 g/mol. The predicted octanol–water partition coefficient (Wildman–Crippen LogP) is 4.85. The van der Waals surface area contributed by atoms with E-state index in [9.17, 15) is 18.4 Å². The maximum Gasteiger partial charge on any atom is 0.410 e. The Balaban J connectivity index is 0.000000520. The quantitative estimate of drug-likeness (QED) is 0.635. The molecule has 8 heteroatoms. The minimum Gasteiger partial charge on any atom is -0.444 e. The average molecular weight is 456 g/mol. The molecule has 2 aliphatic heterocycles. The molecule has 2 aliphatic rings. The van der Waals surface area contributed by atoms with Crippen molar-refractivity contribution in [3.05, 3.63) is 35.4 Å². The van der Waals surface area contributed by atoms with Gasteiger partial charge in [-0.15, -0.1) is 0 Å². The van der Waals surface area contributed by atoms with Gasteiger partial charge in [0.25, 0.3) is 0 Å². The Morgan fingerprint density at radius 2 is 1.62 bits per heavy atom. The first-order valence-corrected chi connectivity index (χ1v) is 11.2. The highest BCUT2D eigenvalue weighted by Gasteiger charge is 2.41. The van der Waals surface area contributed by atoms with Crippen molar-refractivity contribution in [1.82, 2.24) is 4.90 Å². The van der Waals surface area contributed by atoms with Crippen molar-refractivity contribution in [2.75, 3.05) is 33.0 Å². The first-order valence-electron chi connectivity index (χ1n) is 11.2. The van der Waals surface area contributed by atoms with Gasteiger partial charge in [-0.1, -0.05) is 13.3 Å². The molecule has 6 nitrogen and oxygen atoms in total. The molecule has 1 unspecified atom stereocenters. The van der Waals surface area contributed by atoms with E-state index < -0.39 is 29.4 Å². The summed E-state index contributed by atoms with van der Waals surface area (Å²) >= 11 is 0.